The predicted molar refractivity (Wildman–Crippen MR) is 106 cm³/mol. The van der Waals surface area contributed by atoms with Crippen LogP contribution in [0.15, 0.2) is 78.9 Å². The Morgan fingerprint density at radius 3 is 2.04 bits per heavy atom. The van der Waals surface area contributed by atoms with E-state index in [-0.39, 0.29) is 5.91 Å². The Morgan fingerprint density at radius 2 is 1.38 bits per heavy atom. The zero-order chi connectivity index (χ0) is 18.4. The molecule has 132 valence electrons. The third-order valence-corrected chi connectivity index (χ3v) is 3.92. The van der Waals surface area contributed by atoms with Gasteiger partial charge in [-0.25, -0.2) is 0 Å². The zero-order valence-corrected chi connectivity index (χ0v) is 14.9. The third-order valence-electron chi connectivity index (χ3n) is 3.92. The molecular formula is C22H22N2O2. The fourth-order valence-electron chi connectivity index (χ4n) is 2.44. The van der Waals surface area contributed by atoms with Crippen LogP contribution in [0.2, 0.25) is 0 Å². The minimum Gasteiger partial charge on any atom is -0.481 e. The number of hydrogen-bond donors (Lipinski definition) is 2. The summed E-state index contributed by atoms with van der Waals surface area (Å²) in [6.07, 6.45) is -0.583. The monoisotopic (exact) mass is 346 g/mol. The van der Waals surface area contributed by atoms with Crippen LogP contribution < -0.4 is 15.4 Å². The Morgan fingerprint density at radius 1 is 0.808 bits per heavy atom. The van der Waals surface area contributed by atoms with Crippen LogP contribution in [0, 0.1) is 6.92 Å². The van der Waals surface area contributed by atoms with Crippen molar-refractivity contribution in [1.82, 2.24) is 0 Å². The summed E-state index contributed by atoms with van der Waals surface area (Å²) in [5.74, 6) is 0.495. The van der Waals surface area contributed by atoms with Gasteiger partial charge in [0.05, 0.1) is 0 Å². The van der Waals surface area contributed by atoms with E-state index in [2.05, 4.69) is 10.6 Å². The van der Waals surface area contributed by atoms with Crippen LogP contribution in [0.25, 0.3) is 0 Å². The van der Waals surface area contributed by atoms with Gasteiger partial charge in [-0.05, 0) is 62.4 Å². The quantitative estimate of drug-likeness (QED) is 0.649. The molecule has 3 rings (SSSR count). The molecule has 0 spiro atoms. The first-order valence-electron chi connectivity index (χ1n) is 8.56. The van der Waals surface area contributed by atoms with Crippen LogP contribution >= 0.6 is 0 Å². The number of para-hydroxylation sites is 1. The Hall–Kier alpha value is -3.27. The molecule has 0 heterocycles. The molecule has 3 aromatic carbocycles. The lowest BCUT2D eigenvalue weighted by Crippen LogP contribution is -2.30. The summed E-state index contributed by atoms with van der Waals surface area (Å²) in [4.78, 5) is 12.3. The molecule has 4 nitrogen and oxygen atoms in total. The van der Waals surface area contributed by atoms with Crippen molar-refractivity contribution in [3.05, 3.63) is 84.4 Å². The molecule has 0 aliphatic heterocycles. The Kier molecular flexibility index (Phi) is 5.54. The maximum Gasteiger partial charge on any atom is 0.265 e. The van der Waals surface area contributed by atoms with E-state index in [9.17, 15) is 4.79 Å². The van der Waals surface area contributed by atoms with Gasteiger partial charge >= 0.3 is 0 Å². The number of nitrogens with one attached hydrogen (secondary N) is 2. The predicted octanol–water partition coefficient (Wildman–Crippen LogP) is 5.14. The maximum atomic E-state index is 12.3. The molecule has 0 fully saturated rings. The molecule has 1 amide bonds. The topological polar surface area (TPSA) is 50.4 Å². The molecule has 0 aliphatic rings. The first-order valence-corrected chi connectivity index (χ1v) is 8.56. The number of rotatable bonds is 6. The molecule has 0 bridgehead atoms. The molecule has 3 aromatic rings. The summed E-state index contributed by atoms with van der Waals surface area (Å²) >= 11 is 0. The number of ether oxygens (including phenoxy) is 1. The molecule has 0 aliphatic carbocycles. The van der Waals surface area contributed by atoms with Crippen LogP contribution in [0.5, 0.6) is 5.75 Å². The Balaban J connectivity index is 1.56. The molecule has 0 saturated carbocycles. The normalized spacial score (nSPS) is 11.5. The summed E-state index contributed by atoms with van der Waals surface area (Å²) in [5, 5.41) is 6.18. The SMILES string of the molecule is Cc1ccc(OC(C)C(=O)Nc2ccc(Nc3ccccc3)cc2)cc1. The summed E-state index contributed by atoms with van der Waals surface area (Å²) in [7, 11) is 0. The fourth-order valence-corrected chi connectivity index (χ4v) is 2.44. The average molecular weight is 346 g/mol. The van der Waals surface area contributed by atoms with Crippen molar-refractivity contribution in [1.29, 1.82) is 0 Å². The summed E-state index contributed by atoms with van der Waals surface area (Å²) in [6, 6.07) is 25.1. The Labute approximate surface area is 153 Å². The van der Waals surface area contributed by atoms with Crippen LogP contribution in [-0.2, 0) is 4.79 Å². The zero-order valence-electron chi connectivity index (χ0n) is 14.9. The van der Waals surface area contributed by atoms with Gasteiger partial charge in [-0.2, -0.15) is 0 Å². The van der Waals surface area contributed by atoms with Gasteiger partial charge in [-0.1, -0.05) is 35.9 Å². The molecule has 2 N–H and O–H groups in total. The van der Waals surface area contributed by atoms with E-state index in [0.29, 0.717) is 5.75 Å². The smallest absolute Gasteiger partial charge is 0.265 e. The van der Waals surface area contributed by atoms with Crippen molar-refractivity contribution < 1.29 is 9.53 Å². The van der Waals surface area contributed by atoms with Gasteiger partial charge < -0.3 is 15.4 Å². The van der Waals surface area contributed by atoms with E-state index in [0.717, 1.165) is 22.6 Å². The van der Waals surface area contributed by atoms with E-state index in [1.165, 1.54) is 0 Å². The molecular weight excluding hydrogens is 324 g/mol. The second-order valence-electron chi connectivity index (χ2n) is 6.13. The second kappa shape index (κ2) is 8.21. The minimum absolute atomic E-state index is 0.186. The molecule has 4 heteroatoms. The fraction of sp³-hybridized carbons (Fsp3) is 0.136. The van der Waals surface area contributed by atoms with Gasteiger partial charge in [0.25, 0.3) is 5.91 Å². The number of carbonyl (C=O) groups excluding carboxylic acids is 1. The van der Waals surface area contributed by atoms with E-state index < -0.39 is 6.10 Å². The van der Waals surface area contributed by atoms with E-state index in [1.54, 1.807) is 6.92 Å². The van der Waals surface area contributed by atoms with Gasteiger partial charge in [-0.3, -0.25) is 4.79 Å². The number of hydrogen-bond acceptors (Lipinski definition) is 3. The van der Waals surface area contributed by atoms with Gasteiger partial charge in [0, 0.05) is 17.1 Å². The highest BCUT2D eigenvalue weighted by Gasteiger charge is 2.14. The molecule has 26 heavy (non-hydrogen) atoms. The number of benzene rings is 3. The summed E-state index contributed by atoms with van der Waals surface area (Å²) in [5.41, 5.74) is 3.86. The Bertz CT molecular complexity index is 844. The molecule has 0 saturated heterocycles. The van der Waals surface area contributed by atoms with Crippen molar-refractivity contribution in [3.63, 3.8) is 0 Å². The van der Waals surface area contributed by atoms with Crippen molar-refractivity contribution in [2.75, 3.05) is 10.6 Å². The summed E-state index contributed by atoms with van der Waals surface area (Å²) < 4.78 is 5.68. The minimum atomic E-state index is -0.583. The lowest BCUT2D eigenvalue weighted by molar-refractivity contribution is -0.122. The number of amides is 1. The van der Waals surface area contributed by atoms with Gasteiger partial charge in [0.2, 0.25) is 0 Å². The van der Waals surface area contributed by atoms with Crippen LogP contribution in [-0.4, -0.2) is 12.0 Å². The lowest BCUT2D eigenvalue weighted by Gasteiger charge is -2.15. The largest absolute Gasteiger partial charge is 0.481 e. The third kappa shape index (κ3) is 4.86. The van der Waals surface area contributed by atoms with Crippen LogP contribution in [0.1, 0.15) is 12.5 Å². The number of aryl methyl sites for hydroxylation is 1. The second-order valence-corrected chi connectivity index (χ2v) is 6.13. The van der Waals surface area contributed by atoms with E-state index >= 15 is 0 Å². The van der Waals surface area contributed by atoms with E-state index in [4.69, 9.17) is 4.74 Å². The van der Waals surface area contributed by atoms with Crippen molar-refractivity contribution in [2.24, 2.45) is 0 Å². The summed E-state index contributed by atoms with van der Waals surface area (Å²) in [6.45, 7) is 3.75. The molecule has 1 unspecified atom stereocenters. The number of carbonyl (C=O) groups is 1. The van der Waals surface area contributed by atoms with Gasteiger partial charge in [-0.15, -0.1) is 0 Å². The first-order chi connectivity index (χ1) is 12.6. The van der Waals surface area contributed by atoms with Gasteiger partial charge in [0.1, 0.15) is 5.75 Å². The van der Waals surface area contributed by atoms with Crippen molar-refractivity contribution >= 4 is 23.0 Å². The highest BCUT2D eigenvalue weighted by Crippen LogP contribution is 2.19. The van der Waals surface area contributed by atoms with E-state index in [1.807, 2.05) is 85.8 Å². The average Bonchev–Trinajstić information content (AvgIpc) is 2.66. The van der Waals surface area contributed by atoms with Crippen molar-refractivity contribution in [2.45, 2.75) is 20.0 Å². The molecule has 0 aromatic heterocycles. The first kappa shape index (κ1) is 17.5. The van der Waals surface area contributed by atoms with Crippen LogP contribution in [0.3, 0.4) is 0 Å². The van der Waals surface area contributed by atoms with Crippen LogP contribution in [0.4, 0.5) is 17.1 Å². The molecule has 1 atom stereocenters. The maximum absolute atomic E-state index is 12.3. The van der Waals surface area contributed by atoms with Crippen molar-refractivity contribution in [3.8, 4) is 5.75 Å². The highest BCUT2D eigenvalue weighted by atomic mass is 16.5. The lowest BCUT2D eigenvalue weighted by atomic mass is 10.2. The van der Waals surface area contributed by atoms with Gasteiger partial charge in [0.15, 0.2) is 6.10 Å². The molecule has 0 radical (unpaired) electrons. The number of anilines is 3. The highest BCUT2D eigenvalue weighted by molar-refractivity contribution is 5.94. The standard InChI is InChI=1S/C22H22N2O2/c1-16-8-14-21(15-9-16)26-17(2)22(25)24-20-12-10-19(11-13-20)23-18-6-4-3-5-7-18/h3-15,17,23H,1-2H3,(H,24,25).